The van der Waals surface area contributed by atoms with Crippen LogP contribution in [0, 0.1) is 13.8 Å². The molecule has 0 aromatic carbocycles. The minimum Gasteiger partial charge on any atom is -0.481 e. The molecule has 23 heavy (non-hydrogen) atoms. The van der Waals surface area contributed by atoms with E-state index in [-0.39, 0.29) is 18.4 Å². The van der Waals surface area contributed by atoms with Crippen molar-refractivity contribution in [1.82, 2.24) is 20.1 Å². The van der Waals surface area contributed by atoms with Crippen molar-refractivity contribution in [3.8, 4) is 5.82 Å². The predicted octanol–water partition coefficient (Wildman–Crippen LogP) is 1.87. The molecular weight excluding hydrogens is 296 g/mol. The van der Waals surface area contributed by atoms with E-state index < -0.39 is 5.97 Å². The zero-order chi connectivity index (χ0) is 17.0. The molecular formula is C16H20N4O3. The number of carbonyl (C=O) groups is 2. The van der Waals surface area contributed by atoms with E-state index in [2.05, 4.69) is 15.4 Å². The Balaban J connectivity index is 2.03. The predicted molar refractivity (Wildman–Crippen MR) is 84.6 cm³/mol. The normalized spacial score (nSPS) is 12.0. The summed E-state index contributed by atoms with van der Waals surface area (Å²) in [6, 6.07) is 5.15. The standard InChI is InChI=1S/C16H20N4O3/c1-10(4-7-15(21)22)18-16(23)13-5-6-14(17-9-13)20-12(3)8-11(2)19-20/h5-6,8-10H,4,7H2,1-3H3,(H,18,23)(H,21,22). The maximum Gasteiger partial charge on any atom is 0.303 e. The number of aliphatic carboxylic acids is 1. The fraction of sp³-hybridized carbons (Fsp3) is 0.375. The third-order valence-corrected chi connectivity index (χ3v) is 3.41. The Kier molecular flexibility index (Phi) is 5.10. The summed E-state index contributed by atoms with van der Waals surface area (Å²) in [6.07, 6.45) is 1.90. The lowest BCUT2D eigenvalue weighted by molar-refractivity contribution is -0.137. The van der Waals surface area contributed by atoms with Crippen molar-refractivity contribution in [2.75, 3.05) is 0 Å². The zero-order valence-electron chi connectivity index (χ0n) is 13.4. The Morgan fingerprint density at radius 2 is 2.09 bits per heavy atom. The Morgan fingerprint density at radius 3 is 2.61 bits per heavy atom. The molecule has 2 heterocycles. The summed E-state index contributed by atoms with van der Waals surface area (Å²) < 4.78 is 1.71. The molecule has 2 aromatic heterocycles. The highest BCUT2D eigenvalue weighted by atomic mass is 16.4. The van der Waals surface area contributed by atoms with Gasteiger partial charge in [0.15, 0.2) is 5.82 Å². The first kappa shape index (κ1) is 16.7. The fourth-order valence-electron chi connectivity index (χ4n) is 2.23. The lowest BCUT2D eigenvalue weighted by Crippen LogP contribution is -2.33. The molecule has 2 rings (SSSR count). The van der Waals surface area contributed by atoms with Gasteiger partial charge >= 0.3 is 5.97 Å². The number of carbonyl (C=O) groups excluding carboxylic acids is 1. The second kappa shape index (κ2) is 7.04. The van der Waals surface area contributed by atoms with Gasteiger partial charge in [-0.05, 0) is 45.4 Å². The number of aryl methyl sites for hydroxylation is 2. The van der Waals surface area contributed by atoms with Gasteiger partial charge in [0.1, 0.15) is 0 Å². The van der Waals surface area contributed by atoms with Gasteiger partial charge < -0.3 is 10.4 Å². The molecule has 0 spiro atoms. The van der Waals surface area contributed by atoms with Crippen LogP contribution in [0.3, 0.4) is 0 Å². The van der Waals surface area contributed by atoms with Crippen LogP contribution in [0.5, 0.6) is 0 Å². The Hall–Kier alpha value is -2.70. The summed E-state index contributed by atoms with van der Waals surface area (Å²) in [6.45, 7) is 5.62. The molecule has 0 saturated carbocycles. The number of nitrogens with zero attached hydrogens (tertiary/aromatic N) is 3. The number of hydrogen-bond acceptors (Lipinski definition) is 4. The van der Waals surface area contributed by atoms with E-state index in [4.69, 9.17) is 5.11 Å². The smallest absolute Gasteiger partial charge is 0.303 e. The quantitative estimate of drug-likeness (QED) is 0.848. The largest absolute Gasteiger partial charge is 0.481 e. The fourth-order valence-corrected chi connectivity index (χ4v) is 2.23. The van der Waals surface area contributed by atoms with Gasteiger partial charge in [-0.15, -0.1) is 0 Å². The molecule has 1 amide bonds. The molecule has 122 valence electrons. The molecule has 1 unspecified atom stereocenters. The van der Waals surface area contributed by atoms with Crippen molar-refractivity contribution in [3.05, 3.63) is 41.3 Å². The highest BCUT2D eigenvalue weighted by molar-refractivity contribution is 5.94. The van der Waals surface area contributed by atoms with Gasteiger partial charge in [0.05, 0.1) is 11.3 Å². The average molecular weight is 316 g/mol. The van der Waals surface area contributed by atoms with Crippen LogP contribution < -0.4 is 5.32 Å². The van der Waals surface area contributed by atoms with Crippen LogP contribution in [0.15, 0.2) is 24.4 Å². The van der Waals surface area contributed by atoms with Gasteiger partial charge in [0.2, 0.25) is 0 Å². The van der Waals surface area contributed by atoms with Crippen LogP contribution in [-0.2, 0) is 4.79 Å². The second-order valence-electron chi connectivity index (χ2n) is 5.55. The van der Waals surface area contributed by atoms with Crippen LogP contribution >= 0.6 is 0 Å². The number of aromatic nitrogens is 3. The molecule has 2 N–H and O–H groups in total. The van der Waals surface area contributed by atoms with Crippen LogP contribution in [0.4, 0.5) is 0 Å². The van der Waals surface area contributed by atoms with Crippen molar-refractivity contribution >= 4 is 11.9 Å². The SMILES string of the molecule is Cc1cc(C)n(-c2ccc(C(=O)NC(C)CCC(=O)O)cn2)n1. The summed E-state index contributed by atoms with van der Waals surface area (Å²) in [5.74, 6) is -0.497. The average Bonchev–Trinajstić information content (AvgIpc) is 2.84. The van der Waals surface area contributed by atoms with Crippen molar-refractivity contribution < 1.29 is 14.7 Å². The monoisotopic (exact) mass is 316 g/mol. The van der Waals surface area contributed by atoms with E-state index in [0.29, 0.717) is 17.8 Å². The van der Waals surface area contributed by atoms with Gasteiger partial charge in [-0.2, -0.15) is 5.10 Å². The molecule has 7 nitrogen and oxygen atoms in total. The molecule has 0 aliphatic carbocycles. The summed E-state index contributed by atoms with van der Waals surface area (Å²) >= 11 is 0. The number of nitrogens with one attached hydrogen (secondary N) is 1. The van der Waals surface area contributed by atoms with Gasteiger partial charge in [0, 0.05) is 24.4 Å². The summed E-state index contributed by atoms with van der Waals surface area (Å²) in [7, 11) is 0. The first-order chi connectivity index (χ1) is 10.9. The van der Waals surface area contributed by atoms with Gasteiger partial charge in [0.25, 0.3) is 5.91 Å². The zero-order valence-corrected chi connectivity index (χ0v) is 13.4. The van der Waals surface area contributed by atoms with Crippen LogP contribution in [0.1, 0.15) is 41.5 Å². The maximum absolute atomic E-state index is 12.1. The summed E-state index contributed by atoms with van der Waals surface area (Å²) in [4.78, 5) is 26.9. The van der Waals surface area contributed by atoms with Gasteiger partial charge in [-0.25, -0.2) is 9.67 Å². The van der Waals surface area contributed by atoms with Crippen molar-refractivity contribution in [2.45, 2.75) is 39.7 Å². The van der Waals surface area contributed by atoms with E-state index in [9.17, 15) is 9.59 Å². The van der Waals surface area contributed by atoms with E-state index in [1.807, 2.05) is 19.9 Å². The highest BCUT2D eigenvalue weighted by Crippen LogP contribution is 2.10. The minimum atomic E-state index is -0.873. The van der Waals surface area contributed by atoms with Crippen LogP contribution in [0.2, 0.25) is 0 Å². The molecule has 2 aromatic rings. The summed E-state index contributed by atoms with van der Waals surface area (Å²) in [5.41, 5.74) is 2.30. The third-order valence-electron chi connectivity index (χ3n) is 3.41. The molecule has 0 aliphatic heterocycles. The van der Waals surface area contributed by atoms with E-state index in [1.54, 1.807) is 23.7 Å². The number of rotatable bonds is 6. The van der Waals surface area contributed by atoms with E-state index in [1.165, 1.54) is 6.20 Å². The maximum atomic E-state index is 12.1. The molecule has 1 atom stereocenters. The Bertz CT molecular complexity index is 707. The minimum absolute atomic E-state index is 0.0244. The number of pyridine rings is 1. The lowest BCUT2D eigenvalue weighted by atomic mass is 10.1. The van der Waals surface area contributed by atoms with Gasteiger partial charge in [-0.1, -0.05) is 0 Å². The molecule has 0 bridgehead atoms. The van der Waals surface area contributed by atoms with Crippen LogP contribution in [-0.4, -0.2) is 37.8 Å². The molecule has 0 fully saturated rings. The molecule has 0 saturated heterocycles. The Morgan fingerprint density at radius 1 is 1.35 bits per heavy atom. The summed E-state index contributed by atoms with van der Waals surface area (Å²) in [5, 5.41) is 15.7. The van der Waals surface area contributed by atoms with E-state index in [0.717, 1.165) is 11.4 Å². The van der Waals surface area contributed by atoms with Crippen molar-refractivity contribution in [1.29, 1.82) is 0 Å². The van der Waals surface area contributed by atoms with Crippen molar-refractivity contribution in [3.63, 3.8) is 0 Å². The number of hydrogen-bond donors (Lipinski definition) is 2. The lowest BCUT2D eigenvalue weighted by Gasteiger charge is -2.12. The molecule has 0 aliphatic rings. The second-order valence-corrected chi connectivity index (χ2v) is 5.55. The third kappa shape index (κ3) is 4.38. The van der Waals surface area contributed by atoms with Crippen molar-refractivity contribution in [2.24, 2.45) is 0 Å². The van der Waals surface area contributed by atoms with E-state index >= 15 is 0 Å². The highest BCUT2D eigenvalue weighted by Gasteiger charge is 2.12. The van der Waals surface area contributed by atoms with Gasteiger partial charge in [-0.3, -0.25) is 9.59 Å². The molecule has 0 radical (unpaired) electrons. The number of carboxylic acids is 1. The van der Waals surface area contributed by atoms with Crippen LogP contribution in [0.25, 0.3) is 5.82 Å². The Labute approximate surface area is 134 Å². The first-order valence-corrected chi connectivity index (χ1v) is 7.39. The topological polar surface area (TPSA) is 97.1 Å². The molecule has 7 heteroatoms. The first-order valence-electron chi connectivity index (χ1n) is 7.39. The number of carboxylic acid groups (broad SMARTS) is 1. The number of amides is 1.